The van der Waals surface area contributed by atoms with Gasteiger partial charge in [0.05, 0.1) is 17.6 Å². The van der Waals surface area contributed by atoms with Crippen molar-refractivity contribution in [2.24, 2.45) is 0 Å². The van der Waals surface area contributed by atoms with Crippen molar-refractivity contribution in [2.45, 2.75) is 40.0 Å². The minimum absolute atomic E-state index is 0.0775. The van der Waals surface area contributed by atoms with E-state index in [9.17, 15) is 0 Å². The van der Waals surface area contributed by atoms with Gasteiger partial charge in [-0.1, -0.05) is 20.8 Å². The zero-order valence-electron chi connectivity index (χ0n) is 11.2. The van der Waals surface area contributed by atoms with Gasteiger partial charge in [0, 0.05) is 16.8 Å². The third-order valence-electron chi connectivity index (χ3n) is 2.80. The summed E-state index contributed by atoms with van der Waals surface area (Å²) in [5, 5.41) is 4.66. The highest BCUT2D eigenvalue weighted by molar-refractivity contribution is 5.32. The molecule has 2 aromatic heterocycles. The van der Waals surface area contributed by atoms with E-state index in [4.69, 9.17) is 0 Å². The van der Waals surface area contributed by atoms with Crippen molar-refractivity contribution in [1.29, 1.82) is 0 Å². The van der Waals surface area contributed by atoms with Crippen LogP contribution >= 0.6 is 0 Å². The van der Waals surface area contributed by atoms with E-state index in [-0.39, 0.29) is 5.41 Å². The fraction of sp³-hybridized carbons (Fsp3) is 0.429. The molecule has 0 N–H and O–H groups in total. The van der Waals surface area contributed by atoms with Crippen LogP contribution in [0.3, 0.4) is 0 Å². The number of rotatable bonds is 1. The summed E-state index contributed by atoms with van der Waals surface area (Å²) in [6, 6.07) is 6.20. The molecule has 2 aromatic rings. The van der Waals surface area contributed by atoms with Crippen molar-refractivity contribution >= 4 is 0 Å². The zero-order valence-corrected chi connectivity index (χ0v) is 11.2. The predicted molar refractivity (Wildman–Crippen MR) is 69.5 cm³/mol. The van der Waals surface area contributed by atoms with E-state index >= 15 is 0 Å². The van der Waals surface area contributed by atoms with Gasteiger partial charge in [-0.15, -0.1) is 0 Å². The van der Waals surface area contributed by atoms with Crippen LogP contribution in [0, 0.1) is 13.8 Å². The maximum absolute atomic E-state index is 4.66. The number of aromatic nitrogens is 3. The van der Waals surface area contributed by atoms with Crippen LogP contribution in [0.2, 0.25) is 0 Å². The molecule has 0 saturated carbocycles. The summed E-state index contributed by atoms with van der Waals surface area (Å²) in [4.78, 5) is 4.31. The predicted octanol–water partition coefficient (Wildman–Crippen LogP) is 3.18. The van der Waals surface area contributed by atoms with Crippen molar-refractivity contribution < 1.29 is 0 Å². The van der Waals surface area contributed by atoms with E-state index in [1.807, 2.05) is 23.9 Å². The Labute approximate surface area is 103 Å². The van der Waals surface area contributed by atoms with Gasteiger partial charge in [0.15, 0.2) is 0 Å². The Hall–Kier alpha value is -1.64. The summed E-state index contributed by atoms with van der Waals surface area (Å²) in [7, 11) is 0. The molecule has 0 radical (unpaired) electrons. The lowest BCUT2D eigenvalue weighted by Gasteiger charge is -2.14. The summed E-state index contributed by atoms with van der Waals surface area (Å²) in [5.74, 6) is 0. The Morgan fingerprint density at radius 2 is 1.82 bits per heavy atom. The molecular formula is C14H19N3. The Kier molecular flexibility index (Phi) is 2.77. The first-order valence-corrected chi connectivity index (χ1v) is 5.88. The largest absolute Gasteiger partial charge is 0.259 e. The summed E-state index contributed by atoms with van der Waals surface area (Å²) >= 11 is 0. The second-order valence-corrected chi connectivity index (χ2v) is 5.49. The molecule has 0 aliphatic carbocycles. The Morgan fingerprint density at radius 3 is 2.29 bits per heavy atom. The summed E-state index contributed by atoms with van der Waals surface area (Å²) in [6.07, 6.45) is 1.86. The monoisotopic (exact) mass is 229 g/mol. The molecule has 3 nitrogen and oxygen atoms in total. The lowest BCUT2D eigenvalue weighted by atomic mass is 9.92. The maximum Gasteiger partial charge on any atom is 0.0832 e. The highest BCUT2D eigenvalue weighted by Crippen LogP contribution is 2.22. The van der Waals surface area contributed by atoms with Gasteiger partial charge >= 0.3 is 0 Å². The van der Waals surface area contributed by atoms with E-state index in [0.717, 1.165) is 22.8 Å². The smallest absolute Gasteiger partial charge is 0.0832 e. The van der Waals surface area contributed by atoms with Gasteiger partial charge in [0.2, 0.25) is 0 Å². The molecule has 3 heteroatoms. The molecule has 0 saturated heterocycles. The molecule has 0 bridgehead atoms. The van der Waals surface area contributed by atoms with Crippen LogP contribution in [0.5, 0.6) is 0 Å². The first-order chi connectivity index (χ1) is 7.88. The molecule has 0 atom stereocenters. The van der Waals surface area contributed by atoms with Crippen LogP contribution in [0.25, 0.3) is 5.69 Å². The van der Waals surface area contributed by atoms with Gasteiger partial charge in [0.25, 0.3) is 0 Å². The van der Waals surface area contributed by atoms with Crippen LogP contribution in [0.15, 0.2) is 24.4 Å². The van der Waals surface area contributed by atoms with Crippen LogP contribution < -0.4 is 0 Å². The molecule has 17 heavy (non-hydrogen) atoms. The minimum Gasteiger partial charge on any atom is -0.259 e. The highest BCUT2D eigenvalue weighted by atomic mass is 15.3. The normalized spacial score (nSPS) is 11.8. The fourth-order valence-corrected chi connectivity index (χ4v) is 1.69. The standard InChI is InChI=1S/C14H19N3/c1-10-6-7-12(9-15-10)17-11(2)8-13(16-17)14(3,4)5/h6-9H,1-5H3. The van der Waals surface area contributed by atoms with Crippen LogP contribution in [-0.2, 0) is 5.41 Å². The number of pyridine rings is 1. The Balaban J connectivity index is 2.46. The summed E-state index contributed by atoms with van der Waals surface area (Å²) in [6.45, 7) is 10.6. The molecule has 0 aromatic carbocycles. The summed E-state index contributed by atoms with van der Waals surface area (Å²) in [5.41, 5.74) is 4.36. The third kappa shape index (κ3) is 2.38. The molecule has 0 spiro atoms. The quantitative estimate of drug-likeness (QED) is 0.752. The van der Waals surface area contributed by atoms with E-state index in [1.165, 1.54) is 0 Å². The van der Waals surface area contributed by atoms with Crippen molar-refractivity contribution in [3.63, 3.8) is 0 Å². The van der Waals surface area contributed by atoms with Crippen LogP contribution in [0.1, 0.15) is 37.9 Å². The molecule has 0 unspecified atom stereocenters. The maximum atomic E-state index is 4.66. The van der Waals surface area contributed by atoms with Crippen molar-refractivity contribution in [3.05, 3.63) is 41.5 Å². The molecule has 0 amide bonds. The third-order valence-corrected chi connectivity index (χ3v) is 2.80. The van der Waals surface area contributed by atoms with Gasteiger partial charge in [-0.2, -0.15) is 5.10 Å². The average molecular weight is 229 g/mol. The number of nitrogens with zero attached hydrogens (tertiary/aromatic N) is 3. The Bertz CT molecular complexity index is 515. The number of hydrogen-bond acceptors (Lipinski definition) is 2. The number of aryl methyl sites for hydroxylation is 2. The van der Waals surface area contributed by atoms with E-state index in [1.54, 1.807) is 0 Å². The fourth-order valence-electron chi connectivity index (χ4n) is 1.69. The molecule has 0 aliphatic heterocycles. The highest BCUT2D eigenvalue weighted by Gasteiger charge is 2.18. The molecule has 0 fully saturated rings. The van der Waals surface area contributed by atoms with E-state index in [2.05, 4.69) is 49.9 Å². The van der Waals surface area contributed by atoms with Gasteiger partial charge in [0.1, 0.15) is 0 Å². The van der Waals surface area contributed by atoms with Crippen LogP contribution in [0.4, 0.5) is 0 Å². The first kappa shape index (κ1) is 11.8. The van der Waals surface area contributed by atoms with Gasteiger partial charge in [-0.25, -0.2) is 4.68 Å². The van der Waals surface area contributed by atoms with Crippen molar-refractivity contribution in [1.82, 2.24) is 14.8 Å². The number of hydrogen-bond donors (Lipinski definition) is 0. The van der Waals surface area contributed by atoms with Gasteiger partial charge < -0.3 is 0 Å². The SMILES string of the molecule is Cc1ccc(-n2nc(C(C)(C)C)cc2C)cn1. The molecule has 0 aliphatic rings. The minimum atomic E-state index is 0.0775. The van der Waals surface area contributed by atoms with Gasteiger partial charge in [-0.05, 0) is 32.0 Å². The van der Waals surface area contributed by atoms with Crippen molar-refractivity contribution in [2.75, 3.05) is 0 Å². The molecule has 2 rings (SSSR count). The molecular weight excluding hydrogens is 210 g/mol. The average Bonchev–Trinajstić information content (AvgIpc) is 2.61. The Morgan fingerprint density at radius 1 is 1.12 bits per heavy atom. The first-order valence-electron chi connectivity index (χ1n) is 5.88. The summed E-state index contributed by atoms with van der Waals surface area (Å²) < 4.78 is 1.95. The zero-order chi connectivity index (χ0) is 12.6. The second-order valence-electron chi connectivity index (χ2n) is 5.49. The van der Waals surface area contributed by atoms with E-state index < -0.39 is 0 Å². The molecule has 2 heterocycles. The van der Waals surface area contributed by atoms with E-state index in [0.29, 0.717) is 0 Å². The molecule has 90 valence electrons. The van der Waals surface area contributed by atoms with Crippen LogP contribution in [-0.4, -0.2) is 14.8 Å². The lowest BCUT2D eigenvalue weighted by molar-refractivity contribution is 0.560. The lowest BCUT2D eigenvalue weighted by Crippen LogP contribution is -2.12. The van der Waals surface area contributed by atoms with Crippen molar-refractivity contribution in [3.8, 4) is 5.69 Å². The topological polar surface area (TPSA) is 30.7 Å². The van der Waals surface area contributed by atoms with Gasteiger partial charge in [-0.3, -0.25) is 4.98 Å². The second kappa shape index (κ2) is 3.99.